The smallest absolute Gasteiger partial charge is 0.412 e. The van der Waals surface area contributed by atoms with E-state index in [4.69, 9.17) is 10.5 Å². The van der Waals surface area contributed by atoms with Gasteiger partial charge in [-0.15, -0.1) is 0 Å². The monoisotopic (exact) mass is 410 g/mol. The van der Waals surface area contributed by atoms with E-state index < -0.39 is 23.3 Å². The van der Waals surface area contributed by atoms with Gasteiger partial charge >= 0.3 is 6.09 Å². The summed E-state index contributed by atoms with van der Waals surface area (Å²) in [6.07, 6.45) is 3.61. The molecule has 2 saturated heterocycles. The van der Waals surface area contributed by atoms with Crippen molar-refractivity contribution in [3.05, 3.63) is 42.5 Å². The molecule has 2 aliphatic heterocycles. The highest BCUT2D eigenvalue weighted by atomic mass is 16.6. The van der Waals surface area contributed by atoms with Crippen LogP contribution in [0.25, 0.3) is 11.4 Å². The van der Waals surface area contributed by atoms with Crippen molar-refractivity contribution in [2.75, 3.05) is 19.6 Å². The zero-order chi connectivity index (χ0) is 21.5. The first-order valence-corrected chi connectivity index (χ1v) is 10.0. The summed E-state index contributed by atoms with van der Waals surface area (Å²) in [5.74, 6) is -0.432. The molecule has 2 aliphatic rings. The fraction of sp³-hybridized carbons (Fsp3) is 0.476. The van der Waals surface area contributed by atoms with Crippen molar-refractivity contribution in [2.45, 2.75) is 44.4 Å². The number of hydrogen-bond acceptors (Lipinski definition) is 7. The Morgan fingerprint density at radius 2 is 1.90 bits per heavy atom. The Labute approximate surface area is 175 Å². The maximum absolute atomic E-state index is 13.2. The second-order valence-corrected chi connectivity index (χ2v) is 8.63. The van der Waals surface area contributed by atoms with Crippen LogP contribution in [0.2, 0.25) is 0 Å². The minimum Gasteiger partial charge on any atom is -0.444 e. The highest BCUT2D eigenvalue weighted by Gasteiger charge is 2.62. The van der Waals surface area contributed by atoms with E-state index in [9.17, 15) is 9.59 Å². The molecule has 0 saturated carbocycles. The van der Waals surface area contributed by atoms with Gasteiger partial charge in [0.05, 0.1) is 17.3 Å². The highest BCUT2D eigenvalue weighted by molar-refractivity contribution is 5.93. The predicted octanol–water partition coefficient (Wildman–Crippen LogP) is 1.76. The van der Waals surface area contributed by atoms with E-state index in [1.807, 2.05) is 18.2 Å². The quantitative estimate of drug-likeness (QED) is 0.820. The lowest BCUT2D eigenvalue weighted by Crippen LogP contribution is -2.79. The summed E-state index contributed by atoms with van der Waals surface area (Å²) in [4.78, 5) is 42.2. The first kappa shape index (κ1) is 20.2. The van der Waals surface area contributed by atoms with Gasteiger partial charge in [-0.3, -0.25) is 20.4 Å². The van der Waals surface area contributed by atoms with Gasteiger partial charge in [0.2, 0.25) is 0 Å². The normalized spacial score (nSPS) is 23.4. The lowest BCUT2D eigenvalue weighted by Gasteiger charge is -2.55. The third-order valence-corrected chi connectivity index (χ3v) is 5.36. The molecule has 0 aliphatic carbocycles. The number of amides is 2. The van der Waals surface area contributed by atoms with E-state index in [0.29, 0.717) is 30.3 Å². The molecule has 0 bridgehead atoms. The van der Waals surface area contributed by atoms with Crippen LogP contribution in [0.4, 0.5) is 4.79 Å². The van der Waals surface area contributed by atoms with Gasteiger partial charge in [-0.05, 0) is 45.4 Å². The first-order chi connectivity index (χ1) is 14.2. The molecule has 2 aromatic rings. The minimum atomic E-state index is -1.58. The molecule has 2 amide bonds. The van der Waals surface area contributed by atoms with E-state index >= 15 is 0 Å². The Balaban J connectivity index is 1.66. The van der Waals surface area contributed by atoms with Crippen LogP contribution in [0, 0.1) is 0 Å². The molecule has 30 heavy (non-hydrogen) atoms. The SMILES string of the molecule is CC(C)(C)OC(=O)N1CC(c2nccc(-c3ccccn3)n2)C1(N)C(=O)N1CCC1. The van der Waals surface area contributed by atoms with Gasteiger partial charge in [0.15, 0.2) is 5.66 Å². The van der Waals surface area contributed by atoms with Crippen molar-refractivity contribution in [3.63, 3.8) is 0 Å². The van der Waals surface area contributed by atoms with Crippen LogP contribution in [0.1, 0.15) is 38.9 Å². The Morgan fingerprint density at radius 1 is 1.13 bits per heavy atom. The average molecular weight is 410 g/mol. The van der Waals surface area contributed by atoms with Crippen molar-refractivity contribution in [3.8, 4) is 11.4 Å². The molecule has 2 N–H and O–H groups in total. The van der Waals surface area contributed by atoms with Gasteiger partial charge in [-0.1, -0.05) is 6.07 Å². The molecule has 2 fully saturated rings. The fourth-order valence-electron chi connectivity index (χ4n) is 3.61. The summed E-state index contributed by atoms with van der Waals surface area (Å²) in [6, 6.07) is 7.30. The molecule has 9 heteroatoms. The van der Waals surface area contributed by atoms with E-state index in [-0.39, 0.29) is 12.5 Å². The number of nitrogens with two attached hydrogens (primary N) is 1. The maximum Gasteiger partial charge on any atom is 0.412 e. The summed E-state index contributed by atoms with van der Waals surface area (Å²) in [6.45, 7) is 6.78. The van der Waals surface area contributed by atoms with Gasteiger partial charge < -0.3 is 9.64 Å². The average Bonchev–Trinajstić information content (AvgIpc) is 2.64. The fourth-order valence-corrected chi connectivity index (χ4v) is 3.61. The van der Waals surface area contributed by atoms with E-state index in [0.717, 1.165) is 6.42 Å². The van der Waals surface area contributed by atoms with Crippen LogP contribution in [-0.2, 0) is 9.53 Å². The van der Waals surface area contributed by atoms with Crippen molar-refractivity contribution in [2.24, 2.45) is 5.73 Å². The van der Waals surface area contributed by atoms with Gasteiger partial charge in [0.25, 0.3) is 5.91 Å². The second kappa shape index (κ2) is 7.32. The third-order valence-electron chi connectivity index (χ3n) is 5.36. The van der Waals surface area contributed by atoms with Crippen LogP contribution >= 0.6 is 0 Å². The predicted molar refractivity (Wildman–Crippen MR) is 109 cm³/mol. The lowest BCUT2D eigenvalue weighted by molar-refractivity contribution is -0.160. The van der Waals surface area contributed by atoms with Crippen LogP contribution in [0.3, 0.4) is 0 Å². The van der Waals surface area contributed by atoms with Gasteiger partial charge in [-0.2, -0.15) is 0 Å². The van der Waals surface area contributed by atoms with Crippen LogP contribution < -0.4 is 5.73 Å². The number of aromatic nitrogens is 3. The summed E-state index contributed by atoms with van der Waals surface area (Å²) in [5, 5.41) is 0. The molecule has 2 aromatic heterocycles. The second-order valence-electron chi connectivity index (χ2n) is 8.63. The van der Waals surface area contributed by atoms with E-state index in [1.54, 1.807) is 44.1 Å². The summed E-state index contributed by atoms with van der Waals surface area (Å²) in [7, 11) is 0. The van der Waals surface area contributed by atoms with E-state index in [2.05, 4.69) is 15.0 Å². The van der Waals surface area contributed by atoms with Crippen LogP contribution in [0.15, 0.2) is 36.7 Å². The minimum absolute atomic E-state index is 0.205. The number of nitrogens with zero attached hydrogens (tertiary/aromatic N) is 5. The molecular weight excluding hydrogens is 384 g/mol. The number of pyridine rings is 1. The Hall–Kier alpha value is -3.07. The van der Waals surface area contributed by atoms with Crippen molar-refractivity contribution in [1.82, 2.24) is 24.8 Å². The molecule has 4 rings (SSSR count). The Morgan fingerprint density at radius 3 is 2.50 bits per heavy atom. The van der Waals surface area contributed by atoms with Gasteiger partial charge in [0, 0.05) is 32.0 Å². The number of carbonyl (C=O) groups excluding carboxylic acids is 2. The molecule has 0 aromatic carbocycles. The number of carbonyl (C=O) groups is 2. The Kier molecular flexibility index (Phi) is 4.93. The Bertz CT molecular complexity index is 957. The summed E-state index contributed by atoms with van der Waals surface area (Å²) < 4.78 is 5.48. The summed E-state index contributed by atoms with van der Waals surface area (Å²) in [5.41, 5.74) is 5.68. The van der Waals surface area contributed by atoms with Crippen LogP contribution in [-0.4, -0.2) is 67.7 Å². The molecular formula is C21H26N6O3. The lowest BCUT2D eigenvalue weighted by atomic mass is 9.79. The summed E-state index contributed by atoms with van der Waals surface area (Å²) >= 11 is 0. The molecule has 0 spiro atoms. The number of likely N-dealkylation sites (tertiary alicyclic amines) is 2. The van der Waals surface area contributed by atoms with Gasteiger partial charge in [-0.25, -0.2) is 14.8 Å². The molecule has 4 heterocycles. The third kappa shape index (κ3) is 3.49. The molecule has 9 nitrogen and oxygen atoms in total. The van der Waals surface area contributed by atoms with Gasteiger partial charge in [0.1, 0.15) is 11.4 Å². The van der Waals surface area contributed by atoms with E-state index in [1.165, 1.54) is 4.90 Å². The number of rotatable bonds is 3. The first-order valence-electron chi connectivity index (χ1n) is 10.0. The number of ether oxygens (including phenoxy) is 1. The van der Waals surface area contributed by atoms with Crippen molar-refractivity contribution in [1.29, 1.82) is 0 Å². The molecule has 2 unspecified atom stereocenters. The standard InChI is InChI=1S/C21H26N6O3/c1-20(2,3)30-19(29)27-13-14(21(27,22)18(28)26-11-6-12-26)17-24-10-8-16(25-17)15-7-4-5-9-23-15/h4-5,7-10,14H,6,11-13,22H2,1-3H3. The van der Waals surface area contributed by atoms with Crippen molar-refractivity contribution < 1.29 is 14.3 Å². The maximum atomic E-state index is 13.2. The zero-order valence-corrected chi connectivity index (χ0v) is 17.4. The topological polar surface area (TPSA) is 115 Å². The largest absolute Gasteiger partial charge is 0.444 e. The highest BCUT2D eigenvalue weighted by Crippen LogP contribution is 2.42. The van der Waals surface area contributed by atoms with Crippen LogP contribution in [0.5, 0.6) is 0 Å². The molecule has 2 atom stereocenters. The number of hydrogen-bond donors (Lipinski definition) is 1. The molecule has 158 valence electrons. The van der Waals surface area contributed by atoms with Crippen molar-refractivity contribution >= 4 is 12.0 Å². The zero-order valence-electron chi connectivity index (χ0n) is 17.4. The molecule has 0 radical (unpaired) electrons.